The molecule has 4 unspecified atom stereocenters. The molecule has 148 valence electrons. The molecule has 0 bridgehead atoms. The van der Waals surface area contributed by atoms with Crippen molar-refractivity contribution in [3.63, 3.8) is 0 Å². The summed E-state index contributed by atoms with van der Waals surface area (Å²) < 4.78 is 0. The number of hydrogen-bond donors (Lipinski definition) is 2. The van der Waals surface area contributed by atoms with Gasteiger partial charge >= 0.3 is 0 Å². The van der Waals surface area contributed by atoms with Crippen LogP contribution in [0.5, 0.6) is 0 Å². The Labute approximate surface area is 162 Å². The summed E-state index contributed by atoms with van der Waals surface area (Å²) in [5, 5.41) is 21.2. The van der Waals surface area contributed by atoms with Crippen LogP contribution in [0.1, 0.15) is 58.8 Å². The van der Waals surface area contributed by atoms with Crippen LogP contribution in [0.15, 0.2) is 23.8 Å². The van der Waals surface area contributed by atoms with Gasteiger partial charge in [-0.05, 0) is 86.0 Å². The Morgan fingerprint density at radius 2 is 2.11 bits per heavy atom. The summed E-state index contributed by atoms with van der Waals surface area (Å²) >= 11 is 0. The second kappa shape index (κ2) is 6.03. The fourth-order valence-electron chi connectivity index (χ4n) is 8.61. The van der Waals surface area contributed by atoms with Gasteiger partial charge in [-0.25, -0.2) is 0 Å². The molecule has 4 fully saturated rings. The Morgan fingerprint density at radius 1 is 1.30 bits per heavy atom. The molecule has 0 amide bonds. The molecule has 5 rings (SSSR count). The Balaban J connectivity index is 1.54. The molecule has 9 atom stereocenters. The molecule has 0 radical (unpaired) electrons. The van der Waals surface area contributed by atoms with Crippen molar-refractivity contribution in [1.82, 2.24) is 0 Å². The van der Waals surface area contributed by atoms with E-state index >= 15 is 0 Å². The standard InChI is InChI=1S/C24H34O3/c1-3-23-9-7-18-17-6-5-16(26)12-15(17)11-14(2)21(18)22(23)19-13-20(19)24(23,27)8-4-10-25/h4,8,12,14,17-22,25,27H,3,5-7,9-11,13H2,1-2H3/b8-4-/t14?,17-,18?,19+,20-,21?,22?,23-,24-/m0/s1. The van der Waals surface area contributed by atoms with Crippen molar-refractivity contribution in [2.75, 3.05) is 6.61 Å². The van der Waals surface area contributed by atoms with Gasteiger partial charge in [-0.1, -0.05) is 31.6 Å². The minimum atomic E-state index is -0.733. The van der Waals surface area contributed by atoms with Crippen LogP contribution in [-0.2, 0) is 4.79 Å². The van der Waals surface area contributed by atoms with Gasteiger partial charge in [-0.15, -0.1) is 0 Å². The molecule has 0 aromatic carbocycles. The Hall–Kier alpha value is -0.930. The molecule has 3 nitrogen and oxygen atoms in total. The third-order valence-corrected chi connectivity index (χ3v) is 9.50. The van der Waals surface area contributed by atoms with E-state index in [0.717, 1.165) is 38.5 Å². The lowest BCUT2D eigenvalue weighted by atomic mass is 9.46. The van der Waals surface area contributed by atoms with Gasteiger partial charge in [0.2, 0.25) is 0 Å². The lowest BCUT2D eigenvalue weighted by Gasteiger charge is -2.59. The van der Waals surface area contributed by atoms with Crippen LogP contribution in [0.3, 0.4) is 0 Å². The maximum Gasteiger partial charge on any atom is 0.155 e. The van der Waals surface area contributed by atoms with Crippen molar-refractivity contribution in [3.05, 3.63) is 23.8 Å². The normalized spacial score (nSPS) is 53.4. The minimum absolute atomic E-state index is 0.0108. The van der Waals surface area contributed by atoms with Gasteiger partial charge in [0.05, 0.1) is 12.2 Å². The van der Waals surface area contributed by atoms with Crippen molar-refractivity contribution in [1.29, 1.82) is 0 Å². The number of ketones is 1. The number of rotatable bonds is 3. The van der Waals surface area contributed by atoms with E-state index in [1.807, 2.05) is 12.2 Å². The Morgan fingerprint density at radius 3 is 2.85 bits per heavy atom. The molecule has 4 saturated carbocycles. The second-order valence-electron chi connectivity index (χ2n) is 10.2. The zero-order valence-electron chi connectivity index (χ0n) is 16.7. The summed E-state index contributed by atoms with van der Waals surface area (Å²) in [5.74, 6) is 4.57. The molecule has 5 aliphatic carbocycles. The fourth-order valence-corrected chi connectivity index (χ4v) is 8.61. The number of fused-ring (bicyclic) bond motifs is 7. The number of carbonyl (C=O) groups is 1. The first kappa shape index (κ1) is 18.1. The quantitative estimate of drug-likeness (QED) is 0.741. The van der Waals surface area contributed by atoms with Gasteiger partial charge in [0, 0.05) is 11.8 Å². The molecule has 0 aromatic rings. The highest BCUT2D eigenvalue weighted by atomic mass is 16.3. The Kier molecular flexibility index (Phi) is 4.05. The first-order valence-electron chi connectivity index (χ1n) is 11.2. The summed E-state index contributed by atoms with van der Waals surface area (Å²) in [6, 6.07) is 0. The van der Waals surface area contributed by atoms with E-state index in [2.05, 4.69) is 13.8 Å². The number of aliphatic hydroxyl groups is 2. The van der Waals surface area contributed by atoms with Crippen molar-refractivity contribution < 1.29 is 15.0 Å². The second-order valence-corrected chi connectivity index (χ2v) is 10.2. The first-order valence-corrected chi connectivity index (χ1v) is 11.2. The minimum Gasteiger partial charge on any atom is -0.392 e. The SMILES string of the molecule is CC[C@]12CCC3C(C(C)CC4=CC(=O)CC[C@@H]43)C1[C@@H]1C[C@@H]1[C@@]2(O)/C=C\CO. The van der Waals surface area contributed by atoms with Crippen molar-refractivity contribution in [2.24, 2.45) is 46.8 Å². The lowest BCUT2D eigenvalue weighted by Crippen LogP contribution is -2.57. The van der Waals surface area contributed by atoms with Gasteiger partial charge in [-0.3, -0.25) is 4.79 Å². The maximum absolute atomic E-state index is 12.0. The van der Waals surface area contributed by atoms with Crippen molar-refractivity contribution in [2.45, 2.75) is 64.4 Å². The summed E-state index contributed by atoms with van der Waals surface area (Å²) in [4.78, 5) is 12.0. The maximum atomic E-state index is 12.0. The largest absolute Gasteiger partial charge is 0.392 e. The van der Waals surface area contributed by atoms with Crippen LogP contribution < -0.4 is 0 Å². The van der Waals surface area contributed by atoms with Gasteiger partial charge in [0.15, 0.2) is 5.78 Å². The van der Waals surface area contributed by atoms with Crippen LogP contribution in [0, 0.1) is 46.8 Å². The fraction of sp³-hybridized carbons (Fsp3) is 0.792. The third-order valence-electron chi connectivity index (χ3n) is 9.50. The van der Waals surface area contributed by atoms with Crippen LogP contribution in [-0.4, -0.2) is 28.2 Å². The highest BCUT2D eigenvalue weighted by Crippen LogP contribution is 2.77. The van der Waals surface area contributed by atoms with Crippen molar-refractivity contribution in [3.8, 4) is 0 Å². The number of carbonyl (C=O) groups excluding carboxylic acids is 1. The molecular formula is C24H34O3. The molecule has 27 heavy (non-hydrogen) atoms. The molecule has 0 spiro atoms. The summed E-state index contributed by atoms with van der Waals surface area (Å²) in [7, 11) is 0. The number of allylic oxidation sites excluding steroid dienone is 1. The van der Waals surface area contributed by atoms with Gasteiger partial charge in [0.25, 0.3) is 0 Å². The third kappa shape index (κ3) is 2.25. The van der Waals surface area contributed by atoms with E-state index in [4.69, 9.17) is 0 Å². The highest BCUT2D eigenvalue weighted by molar-refractivity contribution is 5.91. The van der Waals surface area contributed by atoms with E-state index in [1.165, 1.54) is 12.0 Å². The van der Waals surface area contributed by atoms with Gasteiger partial charge in [-0.2, -0.15) is 0 Å². The molecule has 0 aromatic heterocycles. The predicted octanol–water partition coefficient (Wildman–Crippen LogP) is 3.90. The average Bonchev–Trinajstić information content (AvgIpc) is 3.42. The summed E-state index contributed by atoms with van der Waals surface area (Å²) in [6.07, 6.45) is 13.0. The van der Waals surface area contributed by atoms with E-state index < -0.39 is 5.60 Å². The topological polar surface area (TPSA) is 57.5 Å². The van der Waals surface area contributed by atoms with Crippen molar-refractivity contribution >= 4 is 5.78 Å². The molecule has 5 aliphatic rings. The summed E-state index contributed by atoms with van der Waals surface area (Å²) in [5.41, 5.74) is 0.682. The van der Waals surface area contributed by atoms with Gasteiger partial charge < -0.3 is 10.2 Å². The average molecular weight is 371 g/mol. The highest BCUT2D eigenvalue weighted by Gasteiger charge is 2.76. The summed E-state index contributed by atoms with van der Waals surface area (Å²) in [6.45, 7) is 4.68. The molecule has 0 heterocycles. The van der Waals surface area contributed by atoms with Crippen LogP contribution in [0.25, 0.3) is 0 Å². The first-order chi connectivity index (χ1) is 13.0. The zero-order valence-corrected chi connectivity index (χ0v) is 16.7. The number of hydrogen-bond acceptors (Lipinski definition) is 3. The van der Waals surface area contributed by atoms with Crippen LogP contribution in [0.2, 0.25) is 0 Å². The van der Waals surface area contributed by atoms with E-state index in [1.54, 1.807) is 6.08 Å². The van der Waals surface area contributed by atoms with E-state index in [9.17, 15) is 15.0 Å². The molecular weight excluding hydrogens is 336 g/mol. The number of aliphatic hydroxyl groups excluding tert-OH is 1. The van der Waals surface area contributed by atoms with E-state index in [0.29, 0.717) is 47.2 Å². The monoisotopic (exact) mass is 370 g/mol. The van der Waals surface area contributed by atoms with Crippen LogP contribution >= 0.6 is 0 Å². The predicted molar refractivity (Wildman–Crippen MR) is 105 cm³/mol. The van der Waals surface area contributed by atoms with Gasteiger partial charge in [0.1, 0.15) is 0 Å². The zero-order chi connectivity index (χ0) is 19.0. The van der Waals surface area contributed by atoms with Crippen LogP contribution in [0.4, 0.5) is 0 Å². The Bertz CT molecular complexity index is 708. The molecule has 0 aliphatic heterocycles. The smallest absolute Gasteiger partial charge is 0.155 e. The molecule has 0 saturated heterocycles. The van der Waals surface area contributed by atoms with E-state index in [-0.39, 0.29) is 12.0 Å². The lowest BCUT2D eigenvalue weighted by molar-refractivity contribution is -0.136. The molecule has 3 heteroatoms. The molecule has 2 N–H and O–H groups in total.